The number of fused-ring (bicyclic) bond motifs is 1. The summed E-state index contributed by atoms with van der Waals surface area (Å²) in [5, 5.41) is 4.26. The van der Waals surface area contributed by atoms with Crippen molar-refractivity contribution in [2.24, 2.45) is 0 Å². The molecular weight excluding hydrogens is 444 g/mol. The monoisotopic (exact) mass is 468 g/mol. The summed E-state index contributed by atoms with van der Waals surface area (Å²) in [5.74, 6) is 0.535. The van der Waals surface area contributed by atoms with Crippen molar-refractivity contribution in [2.75, 3.05) is 13.7 Å². The number of rotatable bonds is 7. The fourth-order valence-electron chi connectivity index (χ4n) is 4.28. The van der Waals surface area contributed by atoms with Gasteiger partial charge >= 0.3 is 0 Å². The van der Waals surface area contributed by atoms with Gasteiger partial charge in [-0.2, -0.15) is 0 Å². The van der Waals surface area contributed by atoms with E-state index in [0.29, 0.717) is 17.0 Å². The SMILES string of the molecule is COc1ccc(C(CNC(=O)c2c[nH]c(=S)n2-c2ccccc2)c2c[nH]c3ccccc23)cc1. The van der Waals surface area contributed by atoms with Crippen LogP contribution < -0.4 is 10.1 Å². The van der Waals surface area contributed by atoms with E-state index in [0.717, 1.165) is 33.5 Å². The molecular formula is C27H24N4O2S. The Bertz CT molecular complexity index is 1480. The molecule has 3 aromatic carbocycles. The summed E-state index contributed by atoms with van der Waals surface area (Å²) in [5.41, 5.74) is 4.56. The normalized spacial score (nSPS) is 11.9. The zero-order valence-corrected chi connectivity index (χ0v) is 19.4. The number of amides is 1. The number of ether oxygens (including phenoxy) is 1. The second kappa shape index (κ2) is 9.41. The zero-order chi connectivity index (χ0) is 23.5. The molecule has 0 fully saturated rings. The van der Waals surface area contributed by atoms with Crippen LogP contribution in [-0.4, -0.2) is 34.1 Å². The van der Waals surface area contributed by atoms with E-state index in [2.05, 4.69) is 27.4 Å². The molecule has 2 heterocycles. The van der Waals surface area contributed by atoms with Gasteiger partial charge in [-0.3, -0.25) is 9.36 Å². The van der Waals surface area contributed by atoms with Gasteiger partial charge in [0.05, 0.1) is 7.11 Å². The number of H-pyrrole nitrogens is 2. The van der Waals surface area contributed by atoms with E-state index in [1.54, 1.807) is 17.9 Å². The fourth-order valence-corrected chi connectivity index (χ4v) is 4.54. The van der Waals surface area contributed by atoms with Gasteiger partial charge < -0.3 is 20.0 Å². The third kappa shape index (κ3) is 4.13. The summed E-state index contributed by atoms with van der Waals surface area (Å²) in [6.45, 7) is 0.416. The highest BCUT2D eigenvalue weighted by molar-refractivity contribution is 7.71. The number of carbonyl (C=O) groups excluding carboxylic acids is 1. The van der Waals surface area contributed by atoms with Crippen LogP contribution in [0.2, 0.25) is 0 Å². The number of para-hydroxylation sites is 2. The van der Waals surface area contributed by atoms with E-state index < -0.39 is 0 Å². The average molecular weight is 469 g/mol. The van der Waals surface area contributed by atoms with Crippen molar-refractivity contribution in [3.63, 3.8) is 0 Å². The highest BCUT2D eigenvalue weighted by Crippen LogP contribution is 2.31. The number of hydrogen-bond acceptors (Lipinski definition) is 3. The molecule has 0 saturated carbocycles. The smallest absolute Gasteiger partial charge is 0.269 e. The molecule has 170 valence electrons. The summed E-state index contributed by atoms with van der Waals surface area (Å²) >= 11 is 5.44. The number of methoxy groups -OCH3 is 1. The van der Waals surface area contributed by atoms with Crippen LogP contribution in [-0.2, 0) is 0 Å². The lowest BCUT2D eigenvalue weighted by atomic mass is 9.90. The zero-order valence-electron chi connectivity index (χ0n) is 18.6. The molecule has 5 aromatic rings. The van der Waals surface area contributed by atoms with Crippen LogP contribution in [0, 0.1) is 4.77 Å². The molecule has 0 aliphatic heterocycles. The lowest BCUT2D eigenvalue weighted by Gasteiger charge is -2.19. The Morgan fingerprint density at radius 3 is 2.47 bits per heavy atom. The molecule has 0 radical (unpaired) electrons. The van der Waals surface area contributed by atoms with Crippen molar-refractivity contribution in [1.29, 1.82) is 0 Å². The maximum Gasteiger partial charge on any atom is 0.269 e. The molecule has 2 aromatic heterocycles. The summed E-state index contributed by atoms with van der Waals surface area (Å²) in [6.07, 6.45) is 3.67. The van der Waals surface area contributed by atoms with Crippen molar-refractivity contribution < 1.29 is 9.53 Å². The minimum Gasteiger partial charge on any atom is -0.497 e. The lowest BCUT2D eigenvalue weighted by Crippen LogP contribution is -2.30. The van der Waals surface area contributed by atoms with Gasteiger partial charge in [-0.05, 0) is 53.7 Å². The van der Waals surface area contributed by atoms with Crippen molar-refractivity contribution in [3.05, 3.63) is 113 Å². The maximum atomic E-state index is 13.3. The molecule has 0 spiro atoms. The van der Waals surface area contributed by atoms with Crippen LogP contribution >= 0.6 is 12.2 Å². The van der Waals surface area contributed by atoms with E-state index in [1.807, 2.05) is 72.9 Å². The standard InChI is InChI=1S/C27H24N4O2S/c1-33-20-13-11-18(12-14-20)22(23-16-28-24-10-6-5-9-21(23)24)15-29-26(32)25-17-30-27(34)31(25)19-7-3-2-4-8-19/h2-14,16-17,22,28H,15H2,1H3,(H,29,32)(H,30,34). The number of aromatic nitrogens is 3. The molecule has 0 saturated heterocycles. The van der Waals surface area contributed by atoms with Crippen molar-refractivity contribution in [3.8, 4) is 11.4 Å². The molecule has 0 aliphatic carbocycles. The summed E-state index contributed by atoms with van der Waals surface area (Å²) in [7, 11) is 1.65. The minimum atomic E-state index is -0.199. The average Bonchev–Trinajstić information content (AvgIpc) is 3.49. The second-order valence-corrected chi connectivity index (χ2v) is 8.36. The first kappa shape index (κ1) is 21.7. The van der Waals surface area contributed by atoms with Crippen molar-refractivity contribution >= 4 is 29.0 Å². The number of imidazole rings is 1. The Balaban J connectivity index is 1.47. The van der Waals surface area contributed by atoms with Crippen molar-refractivity contribution in [1.82, 2.24) is 19.9 Å². The number of carbonyl (C=O) groups is 1. The predicted octanol–water partition coefficient (Wildman–Crippen LogP) is 5.59. The van der Waals surface area contributed by atoms with E-state index in [1.165, 1.54) is 0 Å². The summed E-state index contributed by atoms with van der Waals surface area (Å²) < 4.78 is 7.55. The highest BCUT2D eigenvalue weighted by Gasteiger charge is 2.21. The molecule has 7 heteroatoms. The van der Waals surface area contributed by atoms with Crippen LogP contribution in [0.15, 0.2) is 91.3 Å². The topological polar surface area (TPSA) is 74.8 Å². The van der Waals surface area contributed by atoms with Crippen LogP contribution in [0.1, 0.15) is 27.5 Å². The first-order valence-corrected chi connectivity index (χ1v) is 11.4. The van der Waals surface area contributed by atoms with Crippen LogP contribution in [0.3, 0.4) is 0 Å². The molecule has 0 aliphatic rings. The third-order valence-corrected chi connectivity index (χ3v) is 6.31. The molecule has 5 rings (SSSR count). The third-order valence-electron chi connectivity index (χ3n) is 6.00. The van der Waals surface area contributed by atoms with Gasteiger partial charge in [-0.15, -0.1) is 0 Å². The van der Waals surface area contributed by atoms with Crippen LogP contribution in [0.25, 0.3) is 16.6 Å². The Morgan fingerprint density at radius 1 is 0.971 bits per heavy atom. The van der Waals surface area contributed by atoms with Crippen molar-refractivity contribution in [2.45, 2.75) is 5.92 Å². The van der Waals surface area contributed by atoms with Crippen LogP contribution in [0.4, 0.5) is 0 Å². The van der Waals surface area contributed by atoms with Crippen LogP contribution in [0.5, 0.6) is 5.75 Å². The van der Waals surface area contributed by atoms with E-state index in [9.17, 15) is 4.79 Å². The lowest BCUT2D eigenvalue weighted by molar-refractivity contribution is 0.0945. The summed E-state index contributed by atoms with van der Waals surface area (Å²) in [6, 6.07) is 25.8. The maximum absolute atomic E-state index is 13.3. The number of hydrogen-bond donors (Lipinski definition) is 3. The number of nitrogens with one attached hydrogen (secondary N) is 3. The molecule has 1 amide bonds. The van der Waals surface area contributed by atoms with Gasteiger partial charge in [0.1, 0.15) is 11.4 Å². The molecule has 3 N–H and O–H groups in total. The number of nitrogens with zero attached hydrogens (tertiary/aromatic N) is 1. The van der Waals surface area contributed by atoms with E-state index >= 15 is 0 Å². The Morgan fingerprint density at radius 2 is 1.71 bits per heavy atom. The second-order valence-electron chi connectivity index (χ2n) is 7.98. The molecule has 34 heavy (non-hydrogen) atoms. The minimum absolute atomic E-state index is 0.0573. The molecule has 1 unspecified atom stereocenters. The van der Waals surface area contributed by atoms with Gasteiger partial charge in [-0.25, -0.2) is 0 Å². The largest absolute Gasteiger partial charge is 0.497 e. The molecule has 6 nitrogen and oxygen atoms in total. The van der Waals surface area contributed by atoms with Gasteiger partial charge in [0.15, 0.2) is 4.77 Å². The highest BCUT2D eigenvalue weighted by atomic mass is 32.1. The Hall–Kier alpha value is -4.10. The predicted molar refractivity (Wildman–Crippen MR) is 136 cm³/mol. The van der Waals surface area contributed by atoms with Gasteiger partial charge in [0, 0.05) is 41.4 Å². The molecule has 0 bridgehead atoms. The Labute approximate surface area is 202 Å². The fraction of sp³-hybridized carbons (Fsp3) is 0.111. The first-order valence-electron chi connectivity index (χ1n) is 11.0. The van der Waals surface area contributed by atoms with Gasteiger partial charge in [-0.1, -0.05) is 48.5 Å². The molecule has 1 atom stereocenters. The number of aromatic amines is 2. The summed E-state index contributed by atoms with van der Waals surface area (Å²) in [4.78, 5) is 19.6. The van der Waals surface area contributed by atoms with Gasteiger partial charge in [0.25, 0.3) is 5.91 Å². The van der Waals surface area contributed by atoms with Gasteiger partial charge in [0.2, 0.25) is 0 Å². The number of benzene rings is 3. The first-order chi connectivity index (χ1) is 16.7. The van der Waals surface area contributed by atoms with E-state index in [-0.39, 0.29) is 11.8 Å². The quantitative estimate of drug-likeness (QED) is 0.273. The van der Waals surface area contributed by atoms with E-state index in [4.69, 9.17) is 17.0 Å². The Kier molecular flexibility index (Phi) is 6.01.